The molecule has 0 aliphatic rings. The molecule has 0 heterocycles. The van der Waals surface area contributed by atoms with Crippen LogP contribution < -0.4 is 0 Å². The summed E-state index contributed by atoms with van der Waals surface area (Å²) < 4.78 is 21.0. The molecule has 0 aliphatic heterocycles. The zero-order valence-corrected chi connectivity index (χ0v) is 9.77. The highest BCUT2D eigenvalue weighted by atomic mass is 31.2. The van der Waals surface area contributed by atoms with Gasteiger partial charge in [0.1, 0.15) is 0 Å². The molecule has 0 spiro atoms. The fraction of sp³-hybridized carbons (Fsp3) is 1.00. The summed E-state index contributed by atoms with van der Waals surface area (Å²) >= 11 is 0. The van der Waals surface area contributed by atoms with Gasteiger partial charge in [-0.25, -0.2) is 0 Å². The molecule has 0 aromatic heterocycles. The van der Waals surface area contributed by atoms with E-state index in [1.165, 1.54) is 13.8 Å². The van der Waals surface area contributed by atoms with Crippen LogP contribution >= 0.6 is 7.60 Å². The minimum atomic E-state index is -2.74. The van der Waals surface area contributed by atoms with Gasteiger partial charge in [-0.1, -0.05) is 19.6 Å². The highest BCUT2D eigenvalue weighted by Gasteiger charge is 2.20. The van der Waals surface area contributed by atoms with E-state index in [9.17, 15) is 4.57 Å². The summed E-state index contributed by atoms with van der Waals surface area (Å²) in [5, 5.41) is 0. The van der Waals surface area contributed by atoms with Crippen LogP contribution in [-0.2, 0) is 13.6 Å². The largest absolute Gasteiger partial charge is 0.327 e. The first-order valence-corrected chi connectivity index (χ1v) is 9.24. The minimum absolute atomic E-state index is 0.592. The van der Waals surface area contributed by atoms with Gasteiger partial charge in [0, 0.05) is 20.0 Å². The topological polar surface area (TPSA) is 35.5 Å². The predicted octanol–water partition coefficient (Wildman–Crippen LogP) is 2.35. The third-order valence-corrected chi connectivity index (χ3v) is 3.58. The van der Waals surface area contributed by atoms with Gasteiger partial charge in [-0.3, -0.25) is 4.57 Å². The van der Waals surface area contributed by atoms with Crippen molar-refractivity contribution in [1.29, 1.82) is 0 Å². The summed E-state index contributed by atoms with van der Waals surface area (Å²) in [7, 11) is -2.59. The Morgan fingerprint density at radius 2 is 1.82 bits per heavy atom. The van der Waals surface area contributed by atoms with E-state index in [1.807, 2.05) is 0 Å². The second-order valence-electron chi connectivity index (χ2n) is 3.79. The molecule has 1 unspecified atom stereocenters. The van der Waals surface area contributed by atoms with Gasteiger partial charge >= 0.3 is 7.60 Å². The maximum Gasteiger partial charge on any atom is 0.327 e. The normalized spacial score (nSPS) is 17.9. The van der Waals surface area contributed by atoms with Crippen LogP contribution in [0.4, 0.5) is 0 Å². The van der Waals surface area contributed by atoms with Crippen molar-refractivity contribution < 1.29 is 13.6 Å². The van der Waals surface area contributed by atoms with E-state index in [1.54, 1.807) is 0 Å². The van der Waals surface area contributed by atoms with Gasteiger partial charge in [-0.05, 0) is 0 Å². The Morgan fingerprint density at radius 3 is 2.09 bits per heavy atom. The van der Waals surface area contributed by atoms with Crippen LogP contribution in [0.1, 0.15) is 0 Å². The highest BCUT2D eigenvalue weighted by molar-refractivity contribution is 7.53. The highest BCUT2D eigenvalue weighted by Crippen LogP contribution is 2.42. The van der Waals surface area contributed by atoms with Gasteiger partial charge < -0.3 is 9.05 Å². The third kappa shape index (κ3) is 6.75. The number of hydrogen-bond acceptors (Lipinski definition) is 3. The summed E-state index contributed by atoms with van der Waals surface area (Å²) in [5.74, 6) is 0. The molecular formula is C6H17O3PSi. The maximum atomic E-state index is 11.2. The van der Waals surface area contributed by atoms with Crippen LogP contribution in [0.15, 0.2) is 0 Å². The van der Waals surface area contributed by atoms with Crippen LogP contribution in [0.25, 0.3) is 0 Å². The van der Waals surface area contributed by atoms with E-state index in [-0.39, 0.29) is 0 Å². The SMILES string of the molecule is COP(C)(=O)OC[Si](C)(C)C. The Morgan fingerprint density at radius 1 is 1.36 bits per heavy atom. The molecule has 0 amide bonds. The second-order valence-corrected chi connectivity index (χ2v) is 11.4. The smallest absolute Gasteiger partial charge is 0.312 e. The lowest BCUT2D eigenvalue weighted by Crippen LogP contribution is -2.27. The lowest BCUT2D eigenvalue weighted by atomic mass is 11.7. The first kappa shape index (κ1) is 11.4. The van der Waals surface area contributed by atoms with Crippen molar-refractivity contribution in [2.75, 3.05) is 20.0 Å². The Hall–Kier alpha value is 0.367. The molecular weight excluding hydrogens is 179 g/mol. The van der Waals surface area contributed by atoms with Gasteiger partial charge in [0.05, 0.1) is 8.07 Å². The summed E-state index contributed by atoms with van der Waals surface area (Å²) in [4.78, 5) is 0. The Labute approximate surface area is 69.6 Å². The van der Waals surface area contributed by atoms with Gasteiger partial charge in [0.2, 0.25) is 0 Å². The van der Waals surface area contributed by atoms with Crippen molar-refractivity contribution in [1.82, 2.24) is 0 Å². The molecule has 0 bridgehead atoms. The molecule has 5 heteroatoms. The lowest BCUT2D eigenvalue weighted by Gasteiger charge is -2.18. The first-order valence-electron chi connectivity index (χ1n) is 3.55. The van der Waals surface area contributed by atoms with E-state index < -0.39 is 15.7 Å². The third-order valence-electron chi connectivity index (χ3n) is 1.06. The standard InChI is InChI=1S/C6H17O3PSi/c1-8-10(2,7)9-6-11(3,4)5/h6H2,1-5H3. The van der Waals surface area contributed by atoms with Gasteiger partial charge in [0.25, 0.3) is 0 Å². The lowest BCUT2D eigenvalue weighted by molar-refractivity contribution is 0.267. The van der Waals surface area contributed by atoms with Crippen LogP contribution in [0.5, 0.6) is 0 Å². The van der Waals surface area contributed by atoms with Gasteiger partial charge in [-0.2, -0.15) is 0 Å². The average molecular weight is 196 g/mol. The molecule has 3 nitrogen and oxygen atoms in total. The van der Waals surface area contributed by atoms with E-state index in [2.05, 4.69) is 24.2 Å². The fourth-order valence-corrected chi connectivity index (χ4v) is 2.96. The molecule has 0 aliphatic carbocycles. The van der Waals surface area contributed by atoms with E-state index in [4.69, 9.17) is 4.52 Å². The first-order chi connectivity index (χ1) is 4.77. The molecule has 0 rings (SSSR count). The maximum absolute atomic E-state index is 11.2. The van der Waals surface area contributed by atoms with E-state index >= 15 is 0 Å². The van der Waals surface area contributed by atoms with Gasteiger partial charge in [0.15, 0.2) is 0 Å². The Bertz CT molecular complexity index is 164. The van der Waals surface area contributed by atoms with Crippen molar-refractivity contribution in [2.24, 2.45) is 0 Å². The number of rotatable bonds is 4. The molecule has 0 saturated heterocycles. The second kappa shape index (κ2) is 3.85. The summed E-state index contributed by atoms with van der Waals surface area (Å²) in [6.45, 7) is 7.96. The monoisotopic (exact) mass is 196 g/mol. The zero-order valence-electron chi connectivity index (χ0n) is 7.88. The summed E-state index contributed by atoms with van der Waals surface area (Å²) in [6.07, 6.45) is 0.592. The summed E-state index contributed by atoms with van der Waals surface area (Å²) in [6, 6.07) is 0. The van der Waals surface area contributed by atoms with Crippen molar-refractivity contribution >= 4 is 15.7 Å². The minimum Gasteiger partial charge on any atom is -0.312 e. The zero-order chi connectivity index (χ0) is 9.12. The van der Waals surface area contributed by atoms with Crippen LogP contribution in [0, 0.1) is 0 Å². The van der Waals surface area contributed by atoms with Crippen molar-refractivity contribution in [3.05, 3.63) is 0 Å². The Kier molecular flexibility index (Phi) is 3.98. The van der Waals surface area contributed by atoms with Crippen molar-refractivity contribution in [3.8, 4) is 0 Å². The molecule has 1 atom stereocenters. The average Bonchev–Trinajstić information content (AvgIpc) is 1.83. The fourth-order valence-electron chi connectivity index (χ4n) is 0.364. The van der Waals surface area contributed by atoms with E-state index in [0.717, 1.165) is 0 Å². The van der Waals surface area contributed by atoms with Crippen molar-refractivity contribution in [3.63, 3.8) is 0 Å². The molecule has 68 valence electrons. The van der Waals surface area contributed by atoms with Crippen LogP contribution in [0.3, 0.4) is 0 Å². The molecule has 0 radical (unpaired) electrons. The molecule has 0 saturated carbocycles. The molecule has 0 fully saturated rings. The molecule has 0 aromatic carbocycles. The Balaban J connectivity index is 3.80. The van der Waals surface area contributed by atoms with Crippen LogP contribution in [-0.4, -0.2) is 28.1 Å². The quantitative estimate of drug-likeness (QED) is 0.511. The van der Waals surface area contributed by atoms with Crippen molar-refractivity contribution in [2.45, 2.75) is 19.6 Å². The van der Waals surface area contributed by atoms with Gasteiger partial charge in [-0.15, -0.1) is 0 Å². The molecule has 11 heavy (non-hydrogen) atoms. The predicted molar refractivity (Wildman–Crippen MR) is 49.8 cm³/mol. The van der Waals surface area contributed by atoms with Crippen LogP contribution in [0.2, 0.25) is 19.6 Å². The number of hydrogen-bond donors (Lipinski definition) is 0. The molecule has 0 N–H and O–H groups in total. The summed E-state index contributed by atoms with van der Waals surface area (Å²) in [5.41, 5.74) is 0. The molecule has 0 aromatic rings. The van der Waals surface area contributed by atoms with E-state index in [0.29, 0.717) is 6.23 Å².